The molecule has 1 aliphatic carbocycles. The molecule has 1 N–H and O–H groups in total. The maximum Gasteiger partial charge on any atom is 0.143 e. The van der Waals surface area contributed by atoms with Crippen LogP contribution < -0.4 is 10.1 Å². The molecular weight excluding hydrogens is 198 g/mol. The maximum atomic E-state index is 5.92. The summed E-state index contributed by atoms with van der Waals surface area (Å²) >= 11 is 0. The molecule has 0 saturated heterocycles. The lowest BCUT2D eigenvalue weighted by Crippen LogP contribution is -2.12. The molecule has 2 rings (SSSR count). The third kappa shape index (κ3) is 2.49. The van der Waals surface area contributed by atoms with Crippen LogP contribution in [0.15, 0.2) is 18.2 Å². The first-order valence-electron chi connectivity index (χ1n) is 5.99. The van der Waals surface area contributed by atoms with Gasteiger partial charge in [-0.3, -0.25) is 0 Å². The molecule has 1 saturated carbocycles. The number of ether oxygens (including phenoxy) is 1. The Labute approximate surface area is 98.0 Å². The Kier molecular flexibility index (Phi) is 2.83. The highest BCUT2D eigenvalue weighted by molar-refractivity contribution is 5.58. The van der Waals surface area contributed by atoms with Gasteiger partial charge in [-0.1, -0.05) is 26.8 Å². The van der Waals surface area contributed by atoms with Crippen molar-refractivity contribution in [2.75, 3.05) is 12.4 Å². The standard InChI is InChI=1S/C14H21NO/c1-14(2,3)10-5-8-12(15-4)13(9-10)16-11-6-7-11/h5,8-9,11,15H,6-7H2,1-4H3. The van der Waals surface area contributed by atoms with Crippen molar-refractivity contribution in [3.05, 3.63) is 23.8 Å². The number of hydrogen-bond donors (Lipinski definition) is 1. The average Bonchev–Trinajstić information content (AvgIpc) is 3.00. The summed E-state index contributed by atoms with van der Waals surface area (Å²) in [7, 11) is 1.94. The minimum Gasteiger partial charge on any atom is -0.488 e. The van der Waals surface area contributed by atoms with E-state index in [0.717, 1.165) is 11.4 Å². The van der Waals surface area contributed by atoms with Crippen LogP contribution in [0.3, 0.4) is 0 Å². The largest absolute Gasteiger partial charge is 0.488 e. The summed E-state index contributed by atoms with van der Waals surface area (Å²) in [6.07, 6.45) is 2.84. The van der Waals surface area contributed by atoms with E-state index in [-0.39, 0.29) is 5.41 Å². The third-order valence-corrected chi connectivity index (χ3v) is 2.93. The lowest BCUT2D eigenvalue weighted by Gasteiger charge is -2.21. The van der Waals surface area contributed by atoms with Gasteiger partial charge in [0.2, 0.25) is 0 Å². The Morgan fingerprint density at radius 3 is 2.44 bits per heavy atom. The lowest BCUT2D eigenvalue weighted by molar-refractivity contribution is 0.304. The number of rotatable bonds is 3. The molecule has 1 fully saturated rings. The molecule has 0 bridgehead atoms. The molecule has 16 heavy (non-hydrogen) atoms. The van der Waals surface area contributed by atoms with E-state index in [1.165, 1.54) is 18.4 Å². The molecule has 0 unspecified atom stereocenters. The Morgan fingerprint density at radius 2 is 1.94 bits per heavy atom. The summed E-state index contributed by atoms with van der Waals surface area (Å²) in [6, 6.07) is 6.45. The molecule has 1 aliphatic rings. The molecule has 0 radical (unpaired) electrons. The lowest BCUT2D eigenvalue weighted by atomic mass is 9.87. The summed E-state index contributed by atoms with van der Waals surface area (Å²) in [5.74, 6) is 0.998. The molecule has 0 heterocycles. The van der Waals surface area contributed by atoms with Crippen molar-refractivity contribution >= 4 is 5.69 Å². The van der Waals surface area contributed by atoms with Gasteiger partial charge >= 0.3 is 0 Å². The number of anilines is 1. The second-order valence-corrected chi connectivity index (χ2v) is 5.53. The van der Waals surface area contributed by atoms with Crippen molar-refractivity contribution in [3.8, 4) is 5.75 Å². The number of benzene rings is 1. The van der Waals surface area contributed by atoms with E-state index in [1.807, 2.05) is 7.05 Å². The van der Waals surface area contributed by atoms with Crippen LogP contribution in [0.5, 0.6) is 5.75 Å². The summed E-state index contributed by atoms with van der Waals surface area (Å²) in [6.45, 7) is 6.67. The zero-order chi connectivity index (χ0) is 11.8. The fraction of sp³-hybridized carbons (Fsp3) is 0.571. The highest BCUT2D eigenvalue weighted by Crippen LogP contribution is 2.35. The van der Waals surface area contributed by atoms with Crippen molar-refractivity contribution in [2.45, 2.75) is 45.1 Å². The van der Waals surface area contributed by atoms with Gasteiger partial charge in [0.15, 0.2) is 0 Å². The van der Waals surface area contributed by atoms with Gasteiger partial charge in [-0.15, -0.1) is 0 Å². The molecule has 1 aromatic rings. The van der Waals surface area contributed by atoms with Gasteiger partial charge in [-0.05, 0) is 36.0 Å². The van der Waals surface area contributed by atoms with E-state index in [2.05, 4.69) is 44.3 Å². The topological polar surface area (TPSA) is 21.3 Å². The van der Waals surface area contributed by atoms with E-state index in [0.29, 0.717) is 6.10 Å². The van der Waals surface area contributed by atoms with Crippen LogP contribution in [0, 0.1) is 0 Å². The molecule has 2 heteroatoms. The monoisotopic (exact) mass is 219 g/mol. The fourth-order valence-electron chi connectivity index (χ4n) is 1.66. The number of hydrogen-bond acceptors (Lipinski definition) is 2. The molecule has 1 aromatic carbocycles. The summed E-state index contributed by atoms with van der Waals surface area (Å²) in [5.41, 5.74) is 2.58. The number of nitrogens with one attached hydrogen (secondary N) is 1. The first-order chi connectivity index (χ1) is 7.50. The van der Waals surface area contributed by atoms with Gasteiger partial charge in [0.1, 0.15) is 5.75 Å². The molecule has 2 nitrogen and oxygen atoms in total. The molecule has 0 atom stereocenters. The Hall–Kier alpha value is -1.18. The van der Waals surface area contributed by atoms with Crippen LogP contribution in [0.2, 0.25) is 0 Å². The predicted molar refractivity (Wildman–Crippen MR) is 68.3 cm³/mol. The minimum atomic E-state index is 0.175. The van der Waals surface area contributed by atoms with Crippen molar-refractivity contribution in [1.29, 1.82) is 0 Å². The SMILES string of the molecule is CNc1ccc(C(C)(C)C)cc1OC1CC1. The van der Waals surface area contributed by atoms with Gasteiger partial charge < -0.3 is 10.1 Å². The van der Waals surface area contributed by atoms with Crippen LogP contribution in [0.1, 0.15) is 39.2 Å². The smallest absolute Gasteiger partial charge is 0.143 e. The van der Waals surface area contributed by atoms with E-state index in [4.69, 9.17) is 4.74 Å². The van der Waals surface area contributed by atoms with Gasteiger partial charge in [-0.25, -0.2) is 0 Å². The third-order valence-electron chi connectivity index (χ3n) is 2.93. The zero-order valence-electron chi connectivity index (χ0n) is 10.6. The van der Waals surface area contributed by atoms with Crippen molar-refractivity contribution in [2.24, 2.45) is 0 Å². The van der Waals surface area contributed by atoms with E-state index in [1.54, 1.807) is 0 Å². The molecular formula is C14H21NO. The van der Waals surface area contributed by atoms with Crippen molar-refractivity contribution in [1.82, 2.24) is 0 Å². The summed E-state index contributed by atoms with van der Waals surface area (Å²) in [5, 5.41) is 3.18. The first-order valence-corrected chi connectivity index (χ1v) is 5.99. The highest BCUT2D eigenvalue weighted by Gasteiger charge is 2.25. The van der Waals surface area contributed by atoms with E-state index < -0.39 is 0 Å². The van der Waals surface area contributed by atoms with E-state index >= 15 is 0 Å². The second kappa shape index (κ2) is 4.00. The van der Waals surface area contributed by atoms with Gasteiger partial charge in [0.05, 0.1) is 11.8 Å². The normalized spacial score (nSPS) is 16.0. The summed E-state index contributed by atoms with van der Waals surface area (Å²) in [4.78, 5) is 0. The minimum absolute atomic E-state index is 0.175. The maximum absolute atomic E-state index is 5.92. The average molecular weight is 219 g/mol. The quantitative estimate of drug-likeness (QED) is 0.839. The van der Waals surface area contributed by atoms with Crippen LogP contribution in [-0.4, -0.2) is 13.2 Å². The predicted octanol–water partition coefficient (Wildman–Crippen LogP) is 3.57. The molecule has 0 aromatic heterocycles. The van der Waals surface area contributed by atoms with Crippen molar-refractivity contribution < 1.29 is 4.74 Å². The Bertz CT molecular complexity index is 375. The van der Waals surface area contributed by atoms with Gasteiger partial charge in [0.25, 0.3) is 0 Å². The van der Waals surface area contributed by atoms with Crippen LogP contribution >= 0.6 is 0 Å². The van der Waals surface area contributed by atoms with Crippen LogP contribution in [0.4, 0.5) is 5.69 Å². The van der Waals surface area contributed by atoms with Gasteiger partial charge in [0, 0.05) is 7.05 Å². The summed E-state index contributed by atoms with van der Waals surface area (Å²) < 4.78 is 5.92. The fourth-order valence-corrected chi connectivity index (χ4v) is 1.66. The van der Waals surface area contributed by atoms with Crippen molar-refractivity contribution in [3.63, 3.8) is 0 Å². The molecule has 0 aliphatic heterocycles. The second-order valence-electron chi connectivity index (χ2n) is 5.53. The van der Waals surface area contributed by atoms with Gasteiger partial charge in [-0.2, -0.15) is 0 Å². The highest BCUT2D eigenvalue weighted by atomic mass is 16.5. The van der Waals surface area contributed by atoms with E-state index in [9.17, 15) is 0 Å². The van der Waals surface area contributed by atoms with Crippen LogP contribution in [-0.2, 0) is 5.41 Å². The Balaban J connectivity index is 2.29. The zero-order valence-corrected chi connectivity index (χ0v) is 10.6. The molecule has 0 spiro atoms. The molecule has 88 valence electrons. The molecule has 0 amide bonds. The first kappa shape index (κ1) is 11.3. The Morgan fingerprint density at radius 1 is 1.25 bits per heavy atom. The van der Waals surface area contributed by atoms with Crippen LogP contribution in [0.25, 0.3) is 0 Å².